The quantitative estimate of drug-likeness (QED) is 0.812. The molecule has 0 unspecified atom stereocenters. The van der Waals surface area contributed by atoms with E-state index < -0.39 is 12.3 Å². The van der Waals surface area contributed by atoms with E-state index in [-0.39, 0.29) is 6.61 Å². The van der Waals surface area contributed by atoms with Gasteiger partial charge in [0.05, 0.1) is 18.8 Å². The summed E-state index contributed by atoms with van der Waals surface area (Å²) in [6.45, 7) is 6.10. The Kier molecular flexibility index (Phi) is 6.05. The number of benzene rings is 1. The van der Waals surface area contributed by atoms with Crippen LogP contribution in [-0.2, 0) is 11.3 Å². The number of hydrogen-bond donors (Lipinski definition) is 1. The Morgan fingerprint density at radius 2 is 1.88 bits per heavy atom. The molecule has 1 N–H and O–H groups in total. The molecule has 1 atom stereocenters. The molecular formula is C18H27FN2O3. The van der Waals surface area contributed by atoms with E-state index in [1.165, 1.54) is 5.56 Å². The second-order valence-electron chi connectivity index (χ2n) is 6.75. The van der Waals surface area contributed by atoms with Crippen molar-refractivity contribution in [3.8, 4) is 5.75 Å². The molecule has 0 spiro atoms. The van der Waals surface area contributed by atoms with Gasteiger partial charge in [-0.25, -0.2) is 4.39 Å². The minimum atomic E-state index is -0.623. The van der Waals surface area contributed by atoms with Crippen molar-refractivity contribution in [2.75, 3.05) is 59.2 Å². The molecule has 0 amide bonds. The first kappa shape index (κ1) is 17.6. The van der Waals surface area contributed by atoms with Crippen molar-refractivity contribution < 1.29 is 19.0 Å². The highest BCUT2D eigenvalue weighted by Crippen LogP contribution is 2.25. The summed E-state index contributed by atoms with van der Waals surface area (Å²) in [6, 6.07) is 7.77. The van der Waals surface area contributed by atoms with Gasteiger partial charge in [-0.2, -0.15) is 0 Å². The summed E-state index contributed by atoms with van der Waals surface area (Å²) >= 11 is 0. The fraction of sp³-hybridized carbons (Fsp3) is 0.667. The Morgan fingerprint density at radius 1 is 1.12 bits per heavy atom. The Morgan fingerprint density at radius 3 is 2.58 bits per heavy atom. The van der Waals surface area contributed by atoms with Crippen molar-refractivity contribution in [2.24, 2.45) is 0 Å². The van der Waals surface area contributed by atoms with Crippen LogP contribution in [0.3, 0.4) is 0 Å². The lowest BCUT2D eigenvalue weighted by molar-refractivity contribution is -0.0266. The fourth-order valence-electron chi connectivity index (χ4n) is 3.49. The number of alkyl halides is 1. The molecule has 2 heterocycles. The van der Waals surface area contributed by atoms with Crippen LogP contribution in [0.2, 0.25) is 0 Å². The Hall–Kier alpha value is -1.21. The number of halogens is 1. The standard InChI is InChI=1S/C18H27FN2O3/c19-6-10-24-17-3-1-16(2-4-17)13-21-7-5-18(22,15-21)14-20-8-11-23-12-9-20/h1-4,22H,5-15H2/t18-/m0/s1. The molecule has 1 aromatic carbocycles. The van der Waals surface area contributed by atoms with E-state index in [1.54, 1.807) is 0 Å². The molecule has 2 saturated heterocycles. The van der Waals surface area contributed by atoms with Crippen LogP contribution in [0.25, 0.3) is 0 Å². The van der Waals surface area contributed by atoms with E-state index in [0.717, 1.165) is 52.4 Å². The minimum Gasteiger partial charge on any atom is -0.491 e. The number of likely N-dealkylation sites (tertiary alicyclic amines) is 1. The maximum atomic E-state index is 12.1. The van der Waals surface area contributed by atoms with Crippen LogP contribution in [0.1, 0.15) is 12.0 Å². The summed E-state index contributed by atoms with van der Waals surface area (Å²) < 4.78 is 22.7. The molecule has 3 rings (SSSR count). The molecule has 2 aliphatic heterocycles. The molecule has 0 aromatic heterocycles. The third kappa shape index (κ3) is 4.89. The summed E-state index contributed by atoms with van der Waals surface area (Å²) in [6.07, 6.45) is 0.808. The number of β-amino-alcohol motifs (C(OH)–C–C–N with tert-alkyl or cyclic N) is 1. The Labute approximate surface area is 143 Å². The van der Waals surface area contributed by atoms with Crippen molar-refractivity contribution in [2.45, 2.75) is 18.6 Å². The van der Waals surface area contributed by atoms with Gasteiger partial charge < -0.3 is 14.6 Å². The maximum absolute atomic E-state index is 12.1. The third-order valence-corrected chi connectivity index (χ3v) is 4.71. The zero-order valence-corrected chi connectivity index (χ0v) is 14.1. The van der Waals surface area contributed by atoms with Crippen LogP contribution in [-0.4, -0.2) is 79.7 Å². The van der Waals surface area contributed by atoms with E-state index in [1.807, 2.05) is 24.3 Å². The topological polar surface area (TPSA) is 45.2 Å². The molecule has 2 fully saturated rings. The smallest absolute Gasteiger partial charge is 0.123 e. The van der Waals surface area contributed by atoms with Gasteiger partial charge in [0.1, 0.15) is 19.0 Å². The zero-order chi connectivity index (χ0) is 16.8. The van der Waals surface area contributed by atoms with Gasteiger partial charge in [0.2, 0.25) is 0 Å². The average Bonchev–Trinajstić information content (AvgIpc) is 2.95. The largest absolute Gasteiger partial charge is 0.491 e. The van der Waals surface area contributed by atoms with E-state index in [9.17, 15) is 9.50 Å². The maximum Gasteiger partial charge on any atom is 0.123 e. The predicted molar refractivity (Wildman–Crippen MR) is 90.0 cm³/mol. The van der Waals surface area contributed by atoms with Crippen LogP contribution in [0.4, 0.5) is 4.39 Å². The number of rotatable bonds is 7. The predicted octanol–water partition coefficient (Wildman–Crippen LogP) is 1.30. The SMILES string of the molecule is O[C@]1(CN2CCOCC2)CCN(Cc2ccc(OCCF)cc2)C1. The Balaban J connectivity index is 1.48. The summed E-state index contributed by atoms with van der Waals surface area (Å²) in [5.74, 6) is 0.696. The lowest BCUT2D eigenvalue weighted by atomic mass is 10.0. The molecule has 2 aliphatic rings. The van der Waals surface area contributed by atoms with Gasteiger partial charge in [0, 0.05) is 39.3 Å². The van der Waals surface area contributed by atoms with Crippen molar-refractivity contribution >= 4 is 0 Å². The average molecular weight is 338 g/mol. The van der Waals surface area contributed by atoms with Gasteiger partial charge in [0.15, 0.2) is 0 Å². The van der Waals surface area contributed by atoms with Crippen LogP contribution in [0, 0.1) is 0 Å². The van der Waals surface area contributed by atoms with Gasteiger partial charge in [-0.15, -0.1) is 0 Å². The van der Waals surface area contributed by atoms with Crippen LogP contribution in [0.15, 0.2) is 24.3 Å². The lowest BCUT2D eigenvalue weighted by Gasteiger charge is -2.33. The summed E-state index contributed by atoms with van der Waals surface area (Å²) in [4.78, 5) is 4.59. The molecule has 24 heavy (non-hydrogen) atoms. The van der Waals surface area contributed by atoms with Gasteiger partial charge in [0.25, 0.3) is 0 Å². The van der Waals surface area contributed by atoms with Gasteiger partial charge >= 0.3 is 0 Å². The van der Waals surface area contributed by atoms with E-state index >= 15 is 0 Å². The number of hydrogen-bond acceptors (Lipinski definition) is 5. The first-order chi connectivity index (χ1) is 11.7. The van der Waals surface area contributed by atoms with Gasteiger partial charge in [-0.3, -0.25) is 9.80 Å². The van der Waals surface area contributed by atoms with Gasteiger partial charge in [-0.05, 0) is 24.1 Å². The van der Waals surface area contributed by atoms with E-state index in [0.29, 0.717) is 12.3 Å². The summed E-state index contributed by atoms with van der Waals surface area (Å²) in [5.41, 5.74) is 0.555. The highest BCUT2D eigenvalue weighted by Gasteiger charge is 2.37. The number of ether oxygens (including phenoxy) is 2. The number of nitrogens with zero attached hydrogens (tertiary/aromatic N) is 2. The van der Waals surface area contributed by atoms with Gasteiger partial charge in [-0.1, -0.05) is 12.1 Å². The summed E-state index contributed by atoms with van der Waals surface area (Å²) in [5, 5.41) is 10.9. The number of aliphatic hydroxyl groups is 1. The van der Waals surface area contributed by atoms with Crippen molar-refractivity contribution in [1.29, 1.82) is 0 Å². The molecule has 0 saturated carbocycles. The molecule has 5 nitrogen and oxygen atoms in total. The highest BCUT2D eigenvalue weighted by molar-refractivity contribution is 5.27. The third-order valence-electron chi connectivity index (χ3n) is 4.71. The van der Waals surface area contributed by atoms with Crippen molar-refractivity contribution in [1.82, 2.24) is 9.80 Å². The molecule has 1 aromatic rings. The van der Waals surface area contributed by atoms with E-state index in [4.69, 9.17) is 9.47 Å². The van der Waals surface area contributed by atoms with Crippen LogP contribution >= 0.6 is 0 Å². The fourth-order valence-corrected chi connectivity index (χ4v) is 3.49. The molecule has 0 radical (unpaired) electrons. The minimum absolute atomic E-state index is 0.0973. The molecule has 0 aliphatic carbocycles. The molecule has 134 valence electrons. The first-order valence-corrected chi connectivity index (χ1v) is 8.69. The molecular weight excluding hydrogens is 311 g/mol. The monoisotopic (exact) mass is 338 g/mol. The zero-order valence-electron chi connectivity index (χ0n) is 14.1. The molecule has 6 heteroatoms. The second-order valence-corrected chi connectivity index (χ2v) is 6.75. The Bertz CT molecular complexity index is 507. The lowest BCUT2D eigenvalue weighted by Crippen LogP contribution is -2.48. The highest BCUT2D eigenvalue weighted by atomic mass is 19.1. The van der Waals surface area contributed by atoms with Crippen molar-refractivity contribution in [3.05, 3.63) is 29.8 Å². The van der Waals surface area contributed by atoms with Crippen molar-refractivity contribution in [3.63, 3.8) is 0 Å². The number of morpholine rings is 1. The van der Waals surface area contributed by atoms with Crippen LogP contribution < -0.4 is 4.74 Å². The second kappa shape index (κ2) is 8.25. The van der Waals surface area contributed by atoms with E-state index in [2.05, 4.69) is 9.80 Å². The summed E-state index contributed by atoms with van der Waals surface area (Å²) in [7, 11) is 0. The first-order valence-electron chi connectivity index (χ1n) is 8.69. The molecule has 0 bridgehead atoms. The van der Waals surface area contributed by atoms with Crippen LogP contribution in [0.5, 0.6) is 5.75 Å². The normalized spacial score (nSPS) is 25.9.